The van der Waals surface area contributed by atoms with Crippen LogP contribution in [0.3, 0.4) is 0 Å². The van der Waals surface area contributed by atoms with Crippen molar-refractivity contribution < 1.29 is 8.42 Å². The van der Waals surface area contributed by atoms with Crippen LogP contribution in [-0.4, -0.2) is 40.3 Å². The highest BCUT2D eigenvalue weighted by atomic mass is 32.2. The maximum atomic E-state index is 11.7. The number of benzene rings is 1. The Morgan fingerprint density at radius 3 is 1.94 bits per heavy atom. The van der Waals surface area contributed by atoms with Gasteiger partial charge in [0.2, 0.25) is 0 Å². The second-order valence-electron chi connectivity index (χ2n) is 3.96. The lowest BCUT2D eigenvalue weighted by Crippen LogP contribution is -2.33. The molecule has 0 heterocycles. The van der Waals surface area contributed by atoms with E-state index in [1.807, 2.05) is 4.90 Å². The Kier molecular flexibility index (Phi) is 5.58. The Hall–Kier alpha value is -1.11. The Bertz CT molecular complexity index is 451. The topological polar surface area (TPSA) is 89.4 Å². The summed E-state index contributed by atoms with van der Waals surface area (Å²) < 4.78 is 23.4. The molecule has 0 saturated heterocycles. The fourth-order valence-corrected chi connectivity index (χ4v) is 2.60. The van der Waals surface area contributed by atoms with Crippen LogP contribution in [0, 0.1) is 0 Å². The van der Waals surface area contributed by atoms with Gasteiger partial charge in [-0.25, -0.2) is 8.42 Å². The van der Waals surface area contributed by atoms with E-state index in [4.69, 9.17) is 11.5 Å². The lowest BCUT2D eigenvalue weighted by atomic mass is 10.3. The van der Waals surface area contributed by atoms with Crippen molar-refractivity contribution in [2.24, 2.45) is 11.5 Å². The van der Waals surface area contributed by atoms with E-state index in [2.05, 4.69) is 0 Å². The smallest absolute Gasteiger partial charge is 0.178 e. The molecule has 0 aromatic heterocycles. The summed E-state index contributed by atoms with van der Waals surface area (Å²) in [4.78, 5) is 2.40. The molecule has 0 saturated carbocycles. The van der Waals surface area contributed by atoms with Crippen LogP contribution in [-0.2, 0) is 9.84 Å². The van der Waals surface area contributed by atoms with Gasteiger partial charge in [0.25, 0.3) is 0 Å². The standard InChI is InChI=1S/C12H21N3O2S/c1-2-18(16,17)12-5-3-11(4-6-12)15(9-7-13)10-8-14/h3-6H,2,7-10,13-14H2,1H3. The second-order valence-corrected chi connectivity index (χ2v) is 6.24. The van der Waals surface area contributed by atoms with Gasteiger partial charge in [0.05, 0.1) is 10.6 Å². The molecular weight excluding hydrogens is 250 g/mol. The molecule has 0 bridgehead atoms. The number of rotatable bonds is 7. The van der Waals surface area contributed by atoms with E-state index in [1.165, 1.54) is 0 Å². The van der Waals surface area contributed by atoms with Gasteiger partial charge in [0.15, 0.2) is 9.84 Å². The van der Waals surface area contributed by atoms with Crippen molar-refractivity contribution >= 4 is 15.5 Å². The number of nitrogens with two attached hydrogens (primary N) is 2. The van der Waals surface area contributed by atoms with E-state index < -0.39 is 9.84 Å². The quantitative estimate of drug-likeness (QED) is 0.739. The predicted octanol–water partition coefficient (Wildman–Crippen LogP) is 0.204. The van der Waals surface area contributed by atoms with Crippen molar-refractivity contribution in [3.05, 3.63) is 24.3 Å². The van der Waals surface area contributed by atoms with Gasteiger partial charge in [-0.1, -0.05) is 6.92 Å². The van der Waals surface area contributed by atoms with Crippen molar-refractivity contribution in [1.82, 2.24) is 0 Å². The molecule has 4 N–H and O–H groups in total. The summed E-state index contributed by atoms with van der Waals surface area (Å²) in [5, 5.41) is 0. The van der Waals surface area contributed by atoms with Gasteiger partial charge in [-0.3, -0.25) is 0 Å². The molecule has 1 rings (SSSR count). The van der Waals surface area contributed by atoms with Crippen LogP contribution in [0.5, 0.6) is 0 Å². The summed E-state index contributed by atoms with van der Waals surface area (Å²) in [5.74, 6) is 0.113. The van der Waals surface area contributed by atoms with Crippen LogP contribution in [0.2, 0.25) is 0 Å². The molecule has 0 spiro atoms. The summed E-state index contributed by atoms with van der Waals surface area (Å²) in [6, 6.07) is 6.87. The minimum absolute atomic E-state index is 0.113. The first-order valence-corrected chi connectivity index (χ1v) is 7.68. The normalized spacial score (nSPS) is 11.5. The lowest BCUT2D eigenvalue weighted by molar-refractivity contribution is 0.597. The summed E-state index contributed by atoms with van der Waals surface area (Å²) in [6.45, 7) is 4.12. The molecule has 0 aliphatic rings. The maximum Gasteiger partial charge on any atom is 0.178 e. The zero-order valence-electron chi connectivity index (χ0n) is 10.7. The Labute approximate surface area is 109 Å². The monoisotopic (exact) mass is 271 g/mol. The zero-order chi connectivity index (χ0) is 13.6. The van der Waals surface area contributed by atoms with Gasteiger partial charge in [-0.05, 0) is 24.3 Å². The molecule has 0 amide bonds. The third-order valence-corrected chi connectivity index (χ3v) is 4.49. The Balaban J connectivity index is 2.93. The van der Waals surface area contributed by atoms with Gasteiger partial charge < -0.3 is 16.4 Å². The number of nitrogens with zero attached hydrogens (tertiary/aromatic N) is 1. The second kappa shape index (κ2) is 6.72. The fraction of sp³-hybridized carbons (Fsp3) is 0.500. The highest BCUT2D eigenvalue weighted by Crippen LogP contribution is 2.18. The van der Waals surface area contributed by atoms with Gasteiger partial charge >= 0.3 is 0 Å². The minimum Gasteiger partial charge on any atom is -0.369 e. The summed E-state index contributed by atoms with van der Waals surface area (Å²) in [6.07, 6.45) is 0. The molecule has 0 aliphatic heterocycles. The lowest BCUT2D eigenvalue weighted by Gasteiger charge is -2.23. The molecule has 1 aromatic rings. The van der Waals surface area contributed by atoms with E-state index in [-0.39, 0.29) is 5.75 Å². The molecule has 5 nitrogen and oxygen atoms in total. The van der Waals surface area contributed by atoms with Crippen molar-refractivity contribution in [3.63, 3.8) is 0 Å². The van der Waals surface area contributed by atoms with Crippen LogP contribution in [0.15, 0.2) is 29.2 Å². The maximum absolute atomic E-state index is 11.7. The number of hydrogen-bond donors (Lipinski definition) is 2. The number of sulfone groups is 1. The highest BCUT2D eigenvalue weighted by molar-refractivity contribution is 7.91. The van der Waals surface area contributed by atoms with E-state index >= 15 is 0 Å². The fourth-order valence-electron chi connectivity index (χ4n) is 1.71. The van der Waals surface area contributed by atoms with Crippen LogP contribution < -0.4 is 16.4 Å². The van der Waals surface area contributed by atoms with Crippen molar-refractivity contribution in [2.45, 2.75) is 11.8 Å². The van der Waals surface area contributed by atoms with E-state index in [0.717, 1.165) is 5.69 Å². The van der Waals surface area contributed by atoms with Crippen LogP contribution in [0.1, 0.15) is 6.92 Å². The van der Waals surface area contributed by atoms with Crippen LogP contribution in [0.25, 0.3) is 0 Å². The zero-order valence-corrected chi connectivity index (χ0v) is 11.5. The van der Waals surface area contributed by atoms with Gasteiger partial charge in [-0.2, -0.15) is 0 Å². The van der Waals surface area contributed by atoms with Crippen LogP contribution in [0.4, 0.5) is 5.69 Å². The Morgan fingerprint density at radius 2 is 1.56 bits per heavy atom. The van der Waals surface area contributed by atoms with E-state index in [1.54, 1.807) is 31.2 Å². The summed E-state index contributed by atoms with van der Waals surface area (Å²) in [7, 11) is -3.13. The van der Waals surface area contributed by atoms with E-state index in [0.29, 0.717) is 31.1 Å². The molecule has 18 heavy (non-hydrogen) atoms. The first-order valence-electron chi connectivity index (χ1n) is 6.03. The third kappa shape index (κ3) is 3.69. The molecule has 6 heteroatoms. The minimum atomic E-state index is -3.13. The predicted molar refractivity (Wildman–Crippen MR) is 74.5 cm³/mol. The molecule has 0 atom stereocenters. The first-order chi connectivity index (χ1) is 8.55. The molecule has 0 fully saturated rings. The summed E-state index contributed by atoms with van der Waals surface area (Å²) >= 11 is 0. The average Bonchev–Trinajstić information content (AvgIpc) is 2.39. The van der Waals surface area contributed by atoms with Gasteiger partial charge in [0.1, 0.15) is 0 Å². The first kappa shape index (κ1) is 14.9. The molecular formula is C12H21N3O2S. The number of anilines is 1. The third-order valence-electron chi connectivity index (χ3n) is 2.74. The van der Waals surface area contributed by atoms with E-state index in [9.17, 15) is 8.42 Å². The highest BCUT2D eigenvalue weighted by Gasteiger charge is 2.12. The molecule has 0 unspecified atom stereocenters. The summed E-state index contributed by atoms with van der Waals surface area (Å²) in [5.41, 5.74) is 12.0. The SMILES string of the molecule is CCS(=O)(=O)c1ccc(N(CCN)CCN)cc1. The largest absolute Gasteiger partial charge is 0.369 e. The molecule has 1 aromatic carbocycles. The van der Waals surface area contributed by atoms with Crippen LogP contribution >= 0.6 is 0 Å². The Morgan fingerprint density at radius 1 is 1.06 bits per heavy atom. The molecule has 102 valence electrons. The van der Waals surface area contributed by atoms with Crippen molar-refractivity contribution in [1.29, 1.82) is 0 Å². The molecule has 0 aliphatic carbocycles. The van der Waals surface area contributed by atoms with Gasteiger partial charge in [-0.15, -0.1) is 0 Å². The number of hydrogen-bond acceptors (Lipinski definition) is 5. The van der Waals surface area contributed by atoms with Crippen molar-refractivity contribution in [3.8, 4) is 0 Å². The van der Waals surface area contributed by atoms with Crippen molar-refractivity contribution in [2.75, 3.05) is 36.8 Å². The van der Waals surface area contributed by atoms with Gasteiger partial charge in [0, 0.05) is 31.9 Å². The molecule has 0 radical (unpaired) electrons. The average molecular weight is 271 g/mol.